The highest BCUT2D eigenvalue weighted by molar-refractivity contribution is 6.08. The van der Waals surface area contributed by atoms with Crippen LogP contribution in [0.25, 0.3) is 21.9 Å². The first-order valence-corrected chi connectivity index (χ1v) is 9.23. The SMILES string of the molecule is COc1cc2c(cc1NC(=O)[C@@H](C)OC(=O)c1cccc(F)c1)oc1ccccc12. The van der Waals surface area contributed by atoms with Crippen molar-refractivity contribution >= 4 is 39.5 Å². The zero-order valence-corrected chi connectivity index (χ0v) is 16.3. The third kappa shape index (κ3) is 3.69. The quantitative estimate of drug-likeness (QED) is 0.475. The lowest BCUT2D eigenvalue weighted by Gasteiger charge is -2.15. The van der Waals surface area contributed by atoms with Gasteiger partial charge in [0.25, 0.3) is 5.91 Å². The van der Waals surface area contributed by atoms with Crippen LogP contribution in [0.4, 0.5) is 10.1 Å². The molecular formula is C23H18FNO5. The number of hydrogen-bond donors (Lipinski definition) is 1. The number of rotatable bonds is 5. The summed E-state index contributed by atoms with van der Waals surface area (Å²) < 4.78 is 29.7. The van der Waals surface area contributed by atoms with Gasteiger partial charge < -0.3 is 19.2 Å². The van der Waals surface area contributed by atoms with Gasteiger partial charge in [0, 0.05) is 16.8 Å². The Morgan fingerprint density at radius 3 is 2.57 bits per heavy atom. The normalized spacial score (nSPS) is 12.0. The van der Waals surface area contributed by atoms with E-state index in [4.69, 9.17) is 13.9 Å². The number of esters is 1. The van der Waals surface area contributed by atoms with Crippen LogP contribution in [0.1, 0.15) is 17.3 Å². The highest BCUT2D eigenvalue weighted by Gasteiger charge is 2.21. The van der Waals surface area contributed by atoms with Crippen LogP contribution in [0.3, 0.4) is 0 Å². The van der Waals surface area contributed by atoms with Crippen molar-refractivity contribution in [3.05, 3.63) is 72.0 Å². The Bertz CT molecular complexity index is 1260. The Morgan fingerprint density at radius 1 is 1.00 bits per heavy atom. The van der Waals surface area contributed by atoms with Crippen molar-refractivity contribution in [3.63, 3.8) is 0 Å². The molecule has 1 heterocycles. The molecule has 6 nitrogen and oxygen atoms in total. The number of ether oxygens (including phenoxy) is 2. The zero-order valence-electron chi connectivity index (χ0n) is 16.3. The molecule has 1 aromatic heterocycles. The fraction of sp³-hybridized carbons (Fsp3) is 0.130. The molecule has 4 aromatic rings. The van der Waals surface area contributed by atoms with Gasteiger partial charge in [-0.3, -0.25) is 4.79 Å². The average molecular weight is 407 g/mol. The molecule has 0 bridgehead atoms. The van der Waals surface area contributed by atoms with Crippen LogP contribution in [-0.2, 0) is 9.53 Å². The van der Waals surface area contributed by atoms with E-state index in [9.17, 15) is 14.0 Å². The Morgan fingerprint density at radius 2 is 1.80 bits per heavy atom. The first kappa shape index (κ1) is 19.4. The second-order valence-corrected chi connectivity index (χ2v) is 6.69. The molecule has 0 aliphatic rings. The van der Waals surface area contributed by atoms with Crippen LogP contribution < -0.4 is 10.1 Å². The van der Waals surface area contributed by atoms with Crippen molar-refractivity contribution in [2.24, 2.45) is 0 Å². The number of fused-ring (bicyclic) bond motifs is 3. The van der Waals surface area contributed by atoms with Crippen molar-refractivity contribution < 1.29 is 27.9 Å². The number of carbonyl (C=O) groups excluding carboxylic acids is 2. The molecule has 0 saturated heterocycles. The first-order valence-electron chi connectivity index (χ1n) is 9.23. The van der Waals surface area contributed by atoms with Crippen LogP contribution in [0, 0.1) is 5.82 Å². The van der Waals surface area contributed by atoms with Gasteiger partial charge in [-0.05, 0) is 37.3 Å². The second-order valence-electron chi connectivity index (χ2n) is 6.69. The molecule has 0 fully saturated rings. The number of amides is 1. The number of nitrogens with one attached hydrogen (secondary N) is 1. The minimum absolute atomic E-state index is 0.0240. The minimum Gasteiger partial charge on any atom is -0.495 e. The van der Waals surface area contributed by atoms with Gasteiger partial charge in [0.2, 0.25) is 0 Å². The molecule has 0 aliphatic heterocycles. The highest BCUT2D eigenvalue weighted by atomic mass is 19.1. The van der Waals surface area contributed by atoms with Gasteiger partial charge in [0.1, 0.15) is 22.7 Å². The van der Waals surface area contributed by atoms with E-state index in [1.165, 1.54) is 32.2 Å². The van der Waals surface area contributed by atoms with Crippen LogP contribution in [0.5, 0.6) is 5.75 Å². The van der Waals surface area contributed by atoms with Crippen molar-refractivity contribution in [3.8, 4) is 5.75 Å². The Labute approximate surface area is 171 Å². The standard InChI is InChI=1S/C23H18FNO5/c1-13(29-23(27)14-6-5-7-15(24)10-14)22(26)25-18-12-20-17(11-21(18)28-2)16-8-3-4-9-19(16)30-20/h3-13H,1-2H3,(H,25,26)/t13-/m1/s1. The molecule has 4 rings (SSSR count). The number of benzene rings is 3. The van der Waals surface area contributed by atoms with Crippen molar-refractivity contribution in [2.75, 3.05) is 12.4 Å². The topological polar surface area (TPSA) is 77.8 Å². The van der Waals surface area contributed by atoms with Gasteiger partial charge in [-0.1, -0.05) is 24.3 Å². The van der Waals surface area contributed by atoms with E-state index in [1.54, 1.807) is 12.1 Å². The summed E-state index contributed by atoms with van der Waals surface area (Å²) in [4.78, 5) is 24.7. The summed E-state index contributed by atoms with van der Waals surface area (Å²) in [6.07, 6.45) is -1.11. The average Bonchev–Trinajstić information content (AvgIpc) is 3.10. The maximum Gasteiger partial charge on any atom is 0.339 e. The summed E-state index contributed by atoms with van der Waals surface area (Å²) in [6.45, 7) is 1.43. The molecule has 7 heteroatoms. The summed E-state index contributed by atoms with van der Waals surface area (Å²) in [7, 11) is 1.49. The third-order valence-corrected chi connectivity index (χ3v) is 4.67. The molecule has 0 saturated carbocycles. The van der Waals surface area contributed by atoms with Gasteiger partial charge in [-0.25, -0.2) is 9.18 Å². The molecule has 1 atom stereocenters. The molecule has 0 unspecified atom stereocenters. The Kier molecular flexibility index (Phi) is 5.10. The van der Waals surface area contributed by atoms with E-state index >= 15 is 0 Å². The number of furan rings is 1. The molecule has 30 heavy (non-hydrogen) atoms. The third-order valence-electron chi connectivity index (χ3n) is 4.67. The lowest BCUT2D eigenvalue weighted by molar-refractivity contribution is -0.123. The van der Waals surface area contributed by atoms with Gasteiger partial charge >= 0.3 is 5.97 Å². The smallest absolute Gasteiger partial charge is 0.339 e. The molecule has 0 aliphatic carbocycles. The van der Waals surface area contributed by atoms with E-state index in [-0.39, 0.29) is 5.56 Å². The lowest BCUT2D eigenvalue weighted by atomic mass is 10.1. The monoisotopic (exact) mass is 407 g/mol. The summed E-state index contributed by atoms with van der Waals surface area (Å²) >= 11 is 0. The zero-order chi connectivity index (χ0) is 21.3. The van der Waals surface area contributed by atoms with E-state index in [1.807, 2.05) is 24.3 Å². The number of halogens is 1. The Balaban J connectivity index is 1.55. The van der Waals surface area contributed by atoms with Gasteiger partial charge in [0.15, 0.2) is 6.10 Å². The van der Waals surface area contributed by atoms with Crippen molar-refractivity contribution in [2.45, 2.75) is 13.0 Å². The molecule has 3 aromatic carbocycles. The number of para-hydroxylation sites is 1. The van der Waals surface area contributed by atoms with Crippen LogP contribution in [0.2, 0.25) is 0 Å². The van der Waals surface area contributed by atoms with Gasteiger partial charge in [0.05, 0.1) is 18.4 Å². The number of carbonyl (C=O) groups is 2. The largest absolute Gasteiger partial charge is 0.495 e. The molecule has 0 radical (unpaired) electrons. The lowest BCUT2D eigenvalue weighted by Crippen LogP contribution is -2.30. The van der Waals surface area contributed by atoms with E-state index in [2.05, 4.69) is 5.32 Å². The summed E-state index contributed by atoms with van der Waals surface area (Å²) in [5.41, 5.74) is 1.70. The van der Waals surface area contributed by atoms with Gasteiger partial charge in [-0.15, -0.1) is 0 Å². The fourth-order valence-corrected chi connectivity index (χ4v) is 3.15. The first-order chi connectivity index (χ1) is 14.5. The molecule has 1 N–H and O–H groups in total. The number of methoxy groups -OCH3 is 1. The maximum absolute atomic E-state index is 13.3. The number of hydrogen-bond acceptors (Lipinski definition) is 5. The summed E-state index contributed by atoms with van der Waals surface area (Å²) in [6, 6.07) is 16.1. The molecule has 152 valence electrons. The summed E-state index contributed by atoms with van der Waals surface area (Å²) in [5, 5.41) is 4.48. The molecule has 1 amide bonds. The summed E-state index contributed by atoms with van der Waals surface area (Å²) in [5.74, 6) is -1.48. The molecular weight excluding hydrogens is 389 g/mol. The van der Waals surface area contributed by atoms with E-state index in [0.29, 0.717) is 17.0 Å². The Hall–Kier alpha value is -3.87. The van der Waals surface area contributed by atoms with Crippen LogP contribution in [-0.4, -0.2) is 25.1 Å². The second kappa shape index (κ2) is 7.87. The van der Waals surface area contributed by atoms with Gasteiger partial charge in [-0.2, -0.15) is 0 Å². The van der Waals surface area contributed by atoms with Crippen molar-refractivity contribution in [1.82, 2.24) is 0 Å². The maximum atomic E-state index is 13.3. The predicted octanol–water partition coefficient (Wildman–Crippen LogP) is 4.92. The molecule has 0 spiro atoms. The van der Waals surface area contributed by atoms with E-state index in [0.717, 1.165) is 22.4 Å². The van der Waals surface area contributed by atoms with E-state index < -0.39 is 23.8 Å². The minimum atomic E-state index is -1.11. The van der Waals surface area contributed by atoms with Crippen LogP contribution >= 0.6 is 0 Å². The predicted molar refractivity (Wildman–Crippen MR) is 110 cm³/mol. The van der Waals surface area contributed by atoms with Crippen LogP contribution in [0.15, 0.2) is 65.1 Å². The fourth-order valence-electron chi connectivity index (χ4n) is 3.15. The van der Waals surface area contributed by atoms with Crippen molar-refractivity contribution in [1.29, 1.82) is 0 Å². The number of anilines is 1. The highest BCUT2D eigenvalue weighted by Crippen LogP contribution is 2.36.